The first-order valence-electron chi connectivity index (χ1n) is 7.51. The van der Waals surface area contributed by atoms with Crippen LogP contribution in [0.2, 0.25) is 0 Å². The number of benzene rings is 1. The van der Waals surface area contributed by atoms with E-state index in [0.717, 1.165) is 5.56 Å². The number of piperidine rings is 1. The summed E-state index contributed by atoms with van der Waals surface area (Å²) in [5.74, 6) is -0.636. The number of aryl methyl sites for hydroxylation is 1. The summed E-state index contributed by atoms with van der Waals surface area (Å²) in [4.78, 5) is 1.67. The highest BCUT2D eigenvalue weighted by molar-refractivity contribution is 5.26. The van der Waals surface area contributed by atoms with Gasteiger partial charge in [-0.2, -0.15) is 13.2 Å². The monoisotopic (exact) mass is 317 g/mol. The van der Waals surface area contributed by atoms with Crippen molar-refractivity contribution in [3.63, 3.8) is 0 Å². The van der Waals surface area contributed by atoms with Gasteiger partial charge in [0.1, 0.15) is 18.5 Å². The Morgan fingerprint density at radius 3 is 2.64 bits per heavy atom. The molecule has 1 saturated heterocycles. The van der Waals surface area contributed by atoms with Crippen LogP contribution in [0.5, 0.6) is 5.75 Å². The third-order valence-electron chi connectivity index (χ3n) is 3.90. The standard InChI is InChI=1S/C16H22F3NO2/c1-12-4-6-15(7-5-12)22-11-14(21)10-20-8-2-3-13(9-20)16(17,18)19/h4-7,13-14,21H,2-3,8-11H2,1H3/t13-,14-/m1/s1. The number of ether oxygens (including phenoxy) is 1. The highest BCUT2D eigenvalue weighted by Gasteiger charge is 2.41. The number of aliphatic hydroxyl groups excluding tert-OH is 1. The van der Waals surface area contributed by atoms with Crippen molar-refractivity contribution in [3.8, 4) is 5.75 Å². The minimum atomic E-state index is -4.15. The van der Waals surface area contributed by atoms with E-state index in [1.54, 1.807) is 4.90 Å². The van der Waals surface area contributed by atoms with Crippen molar-refractivity contribution in [3.05, 3.63) is 29.8 Å². The van der Waals surface area contributed by atoms with Gasteiger partial charge in [0.2, 0.25) is 0 Å². The fourth-order valence-corrected chi connectivity index (χ4v) is 2.67. The number of rotatable bonds is 5. The molecule has 0 spiro atoms. The van der Waals surface area contributed by atoms with Crippen LogP contribution in [-0.2, 0) is 0 Å². The fourth-order valence-electron chi connectivity index (χ4n) is 2.67. The third kappa shape index (κ3) is 5.18. The molecule has 2 atom stereocenters. The minimum absolute atomic E-state index is 0.0366. The number of hydrogen-bond donors (Lipinski definition) is 1. The predicted molar refractivity (Wildman–Crippen MR) is 77.9 cm³/mol. The van der Waals surface area contributed by atoms with Gasteiger partial charge in [0.25, 0.3) is 0 Å². The number of aliphatic hydroxyl groups is 1. The fraction of sp³-hybridized carbons (Fsp3) is 0.625. The molecule has 2 rings (SSSR count). The van der Waals surface area contributed by atoms with Crippen LogP contribution in [0.15, 0.2) is 24.3 Å². The van der Waals surface area contributed by atoms with Crippen molar-refractivity contribution in [1.82, 2.24) is 4.90 Å². The lowest BCUT2D eigenvalue weighted by atomic mass is 9.97. The summed E-state index contributed by atoms with van der Waals surface area (Å²) < 4.78 is 43.7. The number of β-amino-alcohol motifs (C(OH)–C–C–N with tert-alkyl or cyclic N) is 1. The number of likely N-dealkylation sites (tertiary alicyclic amines) is 1. The quantitative estimate of drug-likeness (QED) is 0.906. The van der Waals surface area contributed by atoms with E-state index in [9.17, 15) is 18.3 Å². The summed E-state index contributed by atoms with van der Waals surface area (Å²) in [5, 5.41) is 9.96. The molecular weight excluding hydrogens is 295 g/mol. The molecule has 1 N–H and O–H groups in total. The van der Waals surface area contributed by atoms with Crippen LogP contribution in [0.4, 0.5) is 13.2 Å². The molecule has 1 aliphatic rings. The molecule has 1 aliphatic heterocycles. The van der Waals surface area contributed by atoms with Gasteiger partial charge in [0.15, 0.2) is 0 Å². The maximum atomic E-state index is 12.7. The second kappa shape index (κ2) is 7.33. The summed E-state index contributed by atoms with van der Waals surface area (Å²) in [6.07, 6.45) is -4.26. The molecule has 0 saturated carbocycles. The van der Waals surface area contributed by atoms with Crippen LogP contribution in [0.3, 0.4) is 0 Å². The van der Waals surface area contributed by atoms with Crippen molar-refractivity contribution >= 4 is 0 Å². The average molecular weight is 317 g/mol. The lowest BCUT2D eigenvalue weighted by Crippen LogP contribution is -2.45. The maximum absolute atomic E-state index is 12.7. The van der Waals surface area contributed by atoms with Crippen LogP contribution in [-0.4, -0.2) is 48.5 Å². The molecule has 1 heterocycles. The van der Waals surface area contributed by atoms with Crippen LogP contribution in [0, 0.1) is 12.8 Å². The Hall–Kier alpha value is -1.27. The Labute approximate surface area is 128 Å². The Balaban J connectivity index is 1.76. The van der Waals surface area contributed by atoms with E-state index in [-0.39, 0.29) is 26.1 Å². The zero-order chi connectivity index (χ0) is 16.2. The summed E-state index contributed by atoms with van der Waals surface area (Å²) in [6.45, 7) is 2.81. The molecule has 124 valence electrons. The molecule has 0 aliphatic carbocycles. The van der Waals surface area contributed by atoms with Crippen molar-refractivity contribution in [2.45, 2.75) is 32.0 Å². The van der Waals surface area contributed by atoms with Gasteiger partial charge in [-0.25, -0.2) is 0 Å². The molecule has 0 radical (unpaired) electrons. The van der Waals surface area contributed by atoms with Crippen LogP contribution >= 0.6 is 0 Å². The van der Waals surface area contributed by atoms with Gasteiger partial charge >= 0.3 is 6.18 Å². The molecule has 1 aromatic rings. The predicted octanol–water partition coefficient (Wildman–Crippen LogP) is 3.01. The summed E-state index contributed by atoms with van der Waals surface area (Å²) in [7, 11) is 0. The van der Waals surface area contributed by atoms with Crippen LogP contribution in [0.1, 0.15) is 18.4 Å². The number of halogens is 3. The maximum Gasteiger partial charge on any atom is 0.393 e. The van der Waals surface area contributed by atoms with Crippen LogP contribution in [0.25, 0.3) is 0 Å². The van der Waals surface area contributed by atoms with Gasteiger partial charge in [-0.15, -0.1) is 0 Å². The molecule has 0 bridgehead atoms. The average Bonchev–Trinajstić information content (AvgIpc) is 2.46. The Morgan fingerprint density at radius 2 is 2.00 bits per heavy atom. The van der Waals surface area contributed by atoms with E-state index in [0.29, 0.717) is 18.7 Å². The topological polar surface area (TPSA) is 32.7 Å². The van der Waals surface area contributed by atoms with Crippen molar-refractivity contribution in [2.75, 3.05) is 26.2 Å². The number of hydrogen-bond acceptors (Lipinski definition) is 3. The Bertz CT molecular complexity index is 461. The van der Waals surface area contributed by atoms with Gasteiger partial charge in [0, 0.05) is 13.1 Å². The van der Waals surface area contributed by atoms with Crippen molar-refractivity contribution in [1.29, 1.82) is 0 Å². The summed E-state index contributed by atoms with van der Waals surface area (Å²) in [5.41, 5.74) is 1.11. The first-order valence-corrected chi connectivity index (χ1v) is 7.51. The minimum Gasteiger partial charge on any atom is -0.491 e. The van der Waals surface area contributed by atoms with Crippen molar-refractivity contribution < 1.29 is 23.0 Å². The first kappa shape index (κ1) is 17.1. The molecular formula is C16H22F3NO2. The van der Waals surface area contributed by atoms with Gasteiger partial charge in [-0.3, -0.25) is 0 Å². The lowest BCUT2D eigenvalue weighted by molar-refractivity contribution is -0.187. The normalized spacial score (nSPS) is 21.6. The van der Waals surface area contributed by atoms with Crippen molar-refractivity contribution in [2.24, 2.45) is 5.92 Å². The molecule has 3 nitrogen and oxygen atoms in total. The SMILES string of the molecule is Cc1ccc(OC[C@H](O)CN2CCC[C@@H](C(F)(F)F)C2)cc1. The van der Waals surface area contributed by atoms with Crippen LogP contribution < -0.4 is 4.74 Å². The van der Waals surface area contributed by atoms with E-state index in [2.05, 4.69) is 0 Å². The zero-order valence-electron chi connectivity index (χ0n) is 12.6. The van der Waals surface area contributed by atoms with E-state index in [4.69, 9.17) is 4.74 Å². The van der Waals surface area contributed by atoms with E-state index < -0.39 is 18.2 Å². The molecule has 22 heavy (non-hydrogen) atoms. The lowest BCUT2D eigenvalue weighted by Gasteiger charge is -2.34. The highest BCUT2D eigenvalue weighted by atomic mass is 19.4. The largest absolute Gasteiger partial charge is 0.491 e. The molecule has 1 fully saturated rings. The Morgan fingerprint density at radius 1 is 1.32 bits per heavy atom. The molecule has 0 aromatic heterocycles. The number of nitrogens with zero attached hydrogens (tertiary/aromatic N) is 1. The zero-order valence-corrected chi connectivity index (χ0v) is 12.6. The summed E-state index contributed by atoms with van der Waals surface area (Å²) >= 11 is 0. The Kier molecular flexibility index (Phi) is 5.69. The second-order valence-electron chi connectivity index (χ2n) is 5.92. The third-order valence-corrected chi connectivity index (χ3v) is 3.90. The van der Waals surface area contributed by atoms with Gasteiger partial charge < -0.3 is 14.7 Å². The summed E-state index contributed by atoms with van der Waals surface area (Å²) in [6, 6.07) is 7.42. The van der Waals surface area contributed by atoms with E-state index in [1.165, 1.54) is 0 Å². The molecule has 0 amide bonds. The highest BCUT2D eigenvalue weighted by Crippen LogP contribution is 2.33. The first-order chi connectivity index (χ1) is 10.3. The number of alkyl halides is 3. The molecule has 0 unspecified atom stereocenters. The smallest absolute Gasteiger partial charge is 0.393 e. The van der Waals surface area contributed by atoms with Gasteiger partial charge in [-0.1, -0.05) is 17.7 Å². The molecule has 1 aromatic carbocycles. The van der Waals surface area contributed by atoms with E-state index in [1.807, 2.05) is 31.2 Å². The van der Waals surface area contributed by atoms with Gasteiger partial charge in [0.05, 0.1) is 5.92 Å². The van der Waals surface area contributed by atoms with Gasteiger partial charge in [-0.05, 0) is 38.4 Å². The molecule has 6 heteroatoms. The van der Waals surface area contributed by atoms with E-state index >= 15 is 0 Å². The second-order valence-corrected chi connectivity index (χ2v) is 5.92.